The van der Waals surface area contributed by atoms with Crippen LogP contribution in [-0.2, 0) is 14.4 Å². The van der Waals surface area contributed by atoms with Crippen LogP contribution in [0.4, 0.5) is 5.69 Å². The second-order valence-corrected chi connectivity index (χ2v) is 9.28. The number of halogens is 1. The molecule has 2 aliphatic heterocycles. The smallest absolute Gasteiger partial charge is 0.324 e. The molecule has 0 bridgehead atoms. The molecule has 31 heavy (non-hydrogen) atoms. The lowest BCUT2D eigenvalue weighted by atomic mass is 9.75. The maximum atomic E-state index is 13.6. The largest absolute Gasteiger partial charge is 0.480 e. The predicted molar refractivity (Wildman–Crippen MR) is 118 cm³/mol. The van der Waals surface area contributed by atoms with Crippen LogP contribution in [0, 0.1) is 24.7 Å². The maximum absolute atomic E-state index is 13.6. The third-order valence-electron chi connectivity index (χ3n) is 6.30. The predicted octanol–water partition coefficient (Wildman–Crippen LogP) is 3.97. The minimum Gasteiger partial charge on any atom is -0.480 e. The summed E-state index contributed by atoms with van der Waals surface area (Å²) in [5.41, 5.74) is 0.586. The fourth-order valence-corrected chi connectivity index (χ4v) is 5.27. The molecule has 0 spiro atoms. The number of para-hydroxylation sites is 1. The van der Waals surface area contributed by atoms with Crippen LogP contribution in [-0.4, -0.2) is 28.4 Å². The Hall–Kier alpha value is -2.70. The Kier molecular flexibility index (Phi) is 5.40. The first-order valence-corrected chi connectivity index (χ1v) is 10.7. The third-order valence-corrected chi connectivity index (χ3v) is 6.62. The van der Waals surface area contributed by atoms with E-state index in [0.29, 0.717) is 5.69 Å². The molecule has 0 unspecified atom stereocenters. The van der Waals surface area contributed by atoms with Gasteiger partial charge >= 0.3 is 5.97 Å². The Morgan fingerprint density at radius 2 is 1.77 bits per heavy atom. The van der Waals surface area contributed by atoms with E-state index < -0.39 is 41.2 Å². The van der Waals surface area contributed by atoms with Gasteiger partial charge in [-0.2, -0.15) is 0 Å². The van der Waals surface area contributed by atoms with Crippen LogP contribution in [0.25, 0.3) is 0 Å². The molecular formula is C24H25ClN2O4. The summed E-state index contributed by atoms with van der Waals surface area (Å²) in [5, 5.41) is 13.8. The molecule has 2 saturated heterocycles. The first-order valence-electron chi connectivity index (χ1n) is 10.4. The van der Waals surface area contributed by atoms with Gasteiger partial charge in [0.05, 0.1) is 22.5 Å². The molecule has 7 heteroatoms. The van der Waals surface area contributed by atoms with E-state index >= 15 is 0 Å². The number of carboxylic acid groups (broad SMARTS) is 1. The molecule has 2 aromatic carbocycles. The van der Waals surface area contributed by atoms with Crippen molar-refractivity contribution in [2.75, 3.05) is 4.90 Å². The van der Waals surface area contributed by atoms with E-state index in [4.69, 9.17) is 11.6 Å². The van der Waals surface area contributed by atoms with Crippen LogP contribution >= 0.6 is 11.6 Å². The highest BCUT2D eigenvalue weighted by molar-refractivity contribution is 6.36. The van der Waals surface area contributed by atoms with Gasteiger partial charge in [-0.05, 0) is 37.0 Å². The molecule has 0 radical (unpaired) electrons. The lowest BCUT2D eigenvalue weighted by molar-refractivity contribution is -0.149. The zero-order valence-electron chi connectivity index (χ0n) is 17.6. The Morgan fingerprint density at radius 3 is 2.35 bits per heavy atom. The molecule has 6 nitrogen and oxygen atoms in total. The van der Waals surface area contributed by atoms with Crippen LogP contribution in [0.2, 0.25) is 5.02 Å². The summed E-state index contributed by atoms with van der Waals surface area (Å²) in [6.07, 6.45) is 0.223. The van der Waals surface area contributed by atoms with Crippen molar-refractivity contribution in [2.45, 2.75) is 38.8 Å². The fourth-order valence-electron chi connectivity index (χ4n) is 5.05. The molecule has 4 atom stereocenters. The van der Waals surface area contributed by atoms with Gasteiger partial charge in [0, 0.05) is 6.04 Å². The number of fused-ring (bicyclic) bond motifs is 1. The van der Waals surface area contributed by atoms with Gasteiger partial charge < -0.3 is 5.11 Å². The topological polar surface area (TPSA) is 86.7 Å². The molecule has 4 rings (SSSR count). The van der Waals surface area contributed by atoms with Gasteiger partial charge in [-0.25, -0.2) is 4.90 Å². The van der Waals surface area contributed by atoms with Crippen LogP contribution in [0.15, 0.2) is 48.5 Å². The van der Waals surface area contributed by atoms with Crippen molar-refractivity contribution in [3.05, 3.63) is 64.7 Å². The zero-order valence-corrected chi connectivity index (χ0v) is 18.4. The van der Waals surface area contributed by atoms with Crippen molar-refractivity contribution >= 4 is 35.1 Å². The van der Waals surface area contributed by atoms with Gasteiger partial charge in [0.25, 0.3) is 0 Å². The molecule has 2 N–H and O–H groups in total. The number of nitrogens with one attached hydrogen (secondary N) is 1. The molecule has 2 heterocycles. The summed E-state index contributed by atoms with van der Waals surface area (Å²) < 4.78 is 0. The van der Waals surface area contributed by atoms with Crippen molar-refractivity contribution in [1.82, 2.24) is 5.32 Å². The number of carbonyl (C=O) groups excluding carboxylic acids is 2. The minimum atomic E-state index is -1.54. The summed E-state index contributed by atoms with van der Waals surface area (Å²) in [4.78, 5) is 40.9. The fraction of sp³-hybridized carbons (Fsp3) is 0.375. The molecule has 0 aliphatic carbocycles. The number of imide groups is 1. The molecular weight excluding hydrogens is 416 g/mol. The van der Waals surface area contributed by atoms with Gasteiger partial charge in [-0.3, -0.25) is 19.7 Å². The number of aliphatic carboxylic acids is 1. The van der Waals surface area contributed by atoms with Gasteiger partial charge in [-0.1, -0.05) is 67.4 Å². The molecule has 2 amide bonds. The number of hydrogen-bond donors (Lipinski definition) is 2. The standard InChI is InChI=1S/C24H25ClN2O4/c1-13(2)12-24(23(30)31)19-18(20(26-24)15-10-8-14(3)9-11-15)21(28)27(22(19)29)17-7-5-4-6-16(17)25/h4-11,13,18-20,26H,12H2,1-3H3,(H,30,31)/t18-,19+,20-,24-/m0/s1. The van der Waals surface area contributed by atoms with Crippen LogP contribution in [0.5, 0.6) is 0 Å². The summed E-state index contributed by atoms with van der Waals surface area (Å²) in [5.74, 6) is -3.92. The van der Waals surface area contributed by atoms with E-state index in [-0.39, 0.29) is 17.4 Å². The molecule has 162 valence electrons. The number of carbonyl (C=O) groups is 3. The highest BCUT2D eigenvalue weighted by Crippen LogP contribution is 2.52. The molecule has 2 fully saturated rings. The lowest BCUT2D eigenvalue weighted by Crippen LogP contribution is -2.56. The van der Waals surface area contributed by atoms with Crippen LogP contribution in [0.3, 0.4) is 0 Å². The van der Waals surface area contributed by atoms with E-state index in [1.165, 1.54) is 0 Å². The molecule has 2 aromatic rings. The average Bonchev–Trinajstić information content (AvgIpc) is 3.18. The minimum absolute atomic E-state index is 0.00159. The van der Waals surface area contributed by atoms with E-state index in [9.17, 15) is 19.5 Å². The normalized spacial score (nSPS) is 27.8. The second kappa shape index (κ2) is 7.77. The average molecular weight is 441 g/mol. The van der Waals surface area contributed by atoms with Gasteiger partial charge in [0.15, 0.2) is 0 Å². The number of rotatable bonds is 5. The lowest BCUT2D eigenvalue weighted by Gasteiger charge is -2.32. The Morgan fingerprint density at radius 1 is 1.13 bits per heavy atom. The number of anilines is 1. The summed E-state index contributed by atoms with van der Waals surface area (Å²) in [6.45, 7) is 5.78. The van der Waals surface area contributed by atoms with E-state index in [0.717, 1.165) is 16.0 Å². The maximum Gasteiger partial charge on any atom is 0.324 e. The van der Waals surface area contributed by atoms with Crippen LogP contribution in [0.1, 0.15) is 37.4 Å². The monoisotopic (exact) mass is 440 g/mol. The number of hydrogen-bond acceptors (Lipinski definition) is 4. The number of amides is 2. The molecule has 2 aliphatic rings. The first kappa shape index (κ1) is 21.5. The second-order valence-electron chi connectivity index (χ2n) is 8.87. The highest BCUT2D eigenvalue weighted by Gasteiger charge is 2.68. The van der Waals surface area contributed by atoms with Crippen LogP contribution < -0.4 is 10.2 Å². The summed E-state index contributed by atoms with van der Waals surface area (Å²) >= 11 is 6.30. The Labute approximate surface area is 186 Å². The number of nitrogens with zero attached hydrogens (tertiary/aromatic N) is 1. The van der Waals surface area contributed by atoms with Crippen molar-refractivity contribution in [3.63, 3.8) is 0 Å². The third kappa shape index (κ3) is 3.34. The highest BCUT2D eigenvalue weighted by atomic mass is 35.5. The Balaban J connectivity index is 1.88. The van der Waals surface area contributed by atoms with Crippen molar-refractivity contribution in [1.29, 1.82) is 0 Å². The first-order chi connectivity index (χ1) is 14.7. The van der Waals surface area contributed by atoms with Gasteiger partial charge in [0.2, 0.25) is 11.8 Å². The van der Waals surface area contributed by atoms with Crippen molar-refractivity contribution in [2.24, 2.45) is 17.8 Å². The summed E-state index contributed by atoms with van der Waals surface area (Å²) in [6, 6.07) is 13.6. The van der Waals surface area contributed by atoms with Crippen molar-refractivity contribution in [3.8, 4) is 0 Å². The molecule has 0 aromatic heterocycles. The van der Waals surface area contributed by atoms with Gasteiger partial charge in [0.1, 0.15) is 5.54 Å². The van der Waals surface area contributed by atoms with E-state index in [1.54, 1.807) is 24.3 Å². The quantitative estimate of drug-likeness (QED) is 0.687. The van der Waals surface area contributed by atoms with E-state index in [2.05, 4.69) is 5.32 Å². The van der Waals surface area contributed by atoms with E-state index in [1.807, 2.05) is 45.0 Å². The summed E-state index contributed by atoms with van der Waals surface area (Å²) in [7, 11) is 0. The number of aryl methyl sites for hydroxylation is 1. The van der Waals surface area contributed by atoms with Crippen molar-refractivity contribution < 1.29 is 19.5 Å². The SMILES string of the molecule is Cc1ccc([C@@H]2N[C@](CC(C)C)(C(=O)O)[C@H]3C(=O)N(c4ccccc4Cl)C(=O)[C@H]23)cc1. The number of benzene rings is 2. The Bertz CT molecular complexity index is 1050. The van der Waals surface area contributed by atoms with Gasteiger partial charge in [-0.15, -0.1) is 0 Å². The zero-order chi connectivity index (χ0) is 22.5. The number of carboxylic acids is 1. The molecule has 0 saturated carbocycles.